The fraction of sp³-hybridized carbons (Fsp3) is 0.0909. The van der Waals surface area contributed by atoms with Crippen LogP contribution in [0.25, 0.3) is 16.5 Å². The third-order valence-corrected chi connectivity index (χ3v) is 5.21. The topological polar surface area (TPSA) is 67.4 Å². The van der Waals surface area contributed by atoms with Gasteiger partial charge in [-0.05, 0) is 42.5 Å². The number of thiophene rings is 1. The molecule has 148 valence electrons. The first kappa shape index (κ1) is 20.3. The molecular formula is C22H19FN2O3S. The van der Waals surface area contributed by atoms with Crippen molar-refractivity contribution in [1.82, 2.24) is 5.32 Å². The number of hydrogen-bond acceptors (Lipinski definition) is 4. The monoisotopic (exact) mass is 410 g/mol. The quantitative estimate of drug-likeness (QED) is 0.585. The number of rotatable bonds is 6. The zero-order valence-corrected chi connectivity index (χ0v) is 16.7. The molecule has 2 N–H and O–H groups in total. The summed E-state index contributed by atoms with van der Waals surface area (Å²) in [7, 11) is 3.01. The summed E-state index contributed by atoms with van der Waals surface area (Å²) in [6.45, 7) is 0. The van der Waals surface area contributed by atoms with E-state index in [-0.39, 0.29) is 17.6 Å². The van der Waals surface area contributed by atoms with Crippen LogP contribution in [0.1, 0.15) is 15.2 Å². The Morgan fingerprint density at radius 3 is 2.62 bits per heavy atom. The van der Waals surface area contributed by atoms with E-state index in [1.165, 1.54) is 37.6 Å². The molecule has 2 amide bonds. The first-order chi connectivity index (χ1) is 14.0. The van der Waals surface area contributed by atoms with Gasteiger partial charge in [0.15, 0.2) is 0 Å². The second-order valence-electron chi connectivity index (χ2n) is 6.00. The van der Waals surface area contributed by atoms with E-state index >= 15 is 0 Å². The number of nitrogens with one attached hydrogen (secondary N) is 2. The Morgan fingerprint density at radius 2 is 1.90 bits per heavy atom. The minimum atomic E-state index is -0.388. The molecular weight excluding hydrogens is 391 g/mol. The second kappa shape index (κ2) is 9.16. The van der Waals surface area contributed by atoms with Crippen molar-refractivity contribution in [3.05, 3.63) is 76.9 Å². The number of amides is 2. The summed E-state index contributed by atoms with van der Waals surface area (Å²) in [6.07, 6.45) is 3.02. The average Bonchev–Trinajstić information content (AvgIpc) is 3.21. The Bertz CT molecular complexity index is 1080. The highest BCUT2D eigenvalue weighted by molar-refractivity contribution is 7.16. The smallest absolute Gasteiger partial charge is 0.253 e. The summed E-state index contributed by atoms with van der Waals surface area (Å²) in [6, 6.07) is 15.0. The van der Waals surface area contributed by atoms with E-state index in [9.17, 15) is 14.0 Å². The van der Waals surface area contributed by atoms with E-state index in [0.717, 1.165) is 9.75 Å². The van der Waals surface area contributed by atoms with Gasteiger partial charge in [0.2, 0.25) is 5.91 Å². The molecule has 0 radical (unpaired) electrons. The van der Waals surface area contributed by atoms with Gasteiger partial charge in [0.25, 0.3) is 5.91 Å². The fourth-order valence-corrected chi connectivity index (χ4v) is 3.60. The number of carbonyl (C=O) groups excluding carboxylic acids is 2. The molecule has 0 aliphatic heterocycles. The van der Waals surface area contributed by atoms with E-state index in [1.807, 2.05) is 12.1 Å². The van der Waals surface area contributed by atoms with Crippen LogP contribution < -0.4 is 15.4 Å². The Morgan fingerprint density at radius 1 is 1.10 bits per heavy atom. The molecule has 0 unspecified atom stereocenters. The molecule has 0 spiro atoms. The van der Waals surface area contributed by atoms with E-state index in [1.54, 1.807) is 42.5 Å². The van der Waals surface area contributed by atoms with E-state index < -0.39 is 0 Å². The van der Waals surface area contributed by atoms with Gasteiger partial charge in [-0.3, -0.25) is 9.59 Å². The maximum absolute atomic E-state index is 13.9. The molecule has 7 heteroatoms. The van der Waals surface area contributed by atoms with Crippen LogP contribution in [0.3, 0.4) is 0 Å². The van der Waals surface area contributed by atoms with Crippen molar-refractivity contribution >= 4 is 34.9 Å². The minimum absolute atomic E-state index is 0.288. The van der Waals surface area contributed by atoms with Gasteiger partial charge in [-0.15, -0.1) is 11.3 Å². The first-order valence-electron chi connectivity index (χ1n) is 8.75. The maximum Gasteiger partial charge on any atom is 0.253 e. The van der Waals surface area contributed by atoms with Crippen molar-refractivity contribution < 1.29 is 18.7 Å². The average molecular weight is 410 g/mol. The number of anilines is 1. The number of methoxy groups -OCH3 is 1. The van der Waals surface area contributed by atoms with Crippen LogP contribution >= 0.6 is 11.3 Å². The van der Waals surface area contributed by atoms with Crippen molar-refractivity contribution in [3.8, 4) is 16.2 Å². The third kappa shape index (κ3) is 4.89. The lowest BCUT2D eigenvalue weighted by Crippen LogP contribution is -2.21. The second-order valence-corrected chi connectivity index (χ2v) is 7.11. The Kier molecular flexibility index (Phi) is 6.41. The molecule has 0 saturated heterocycles. The normalized spacial score (nSPS) is 10.7. The number of carbonyl (C=O) groups is 2. The van der Waals surface area contributed by atoms with Crippen LogP contribution in [0, 0.1) is 5.82 Å². The van der Waals surface area contributed by atoms with Gasteiger partial charge in [-0.2, -0.15) is 0 Å². The summed E-state index contributed by atoms with van der Waals surface area (Å²) in [5.41, 5.74) is 1.19. The van der Waals surface area contributed by atoms with Gasteiger partial charge >= 0.3 is 0 Å². The minimum Gasteiger partial charge on any atom is -0.497 e. The van der Waals surface area contributed by atoms with Gasteiger partial charge < -0.3 is 15.4 Å². The zero-order valence-electron chi connectivity index (χ0n) is 15.9. The highest BCUT2D eigenvalue weighted by Crippen LogP contribution is 2.30. The standard InChI is InChI=1S/C22H19FN2O3S/c1-24-22(27)17-13-14(28-2)7-10-19(17)25-21(26)12-9-15-8-11-20(29-15)16-5-3-4-6-18(16)23/h3-13H,1-2H3,(H,24,27)(H,25,26)/b12-9+. The van der Waals surface area contributed by atoms with E-state index in [4.69, 9.17) is 4.74 Å². The first-order valence-corrected chi connectivity index (χ1v) is 9.57. The Balaban J connectivity index is 1.74. The van der Waals surface area contributed by atoms with Crippen LogP contribution in [0.15, 0.2) is 60.7 Å². The van der Waals surface area contributed by atoms with Gasteiger partial charge in [-0.25, -0.2) is 4.39 Å². The van der Waals surface area contributed by atoms with Crippen molar-refractivity contribution in [2.75, 3.05) is 19.5 Å². The van der Waals surface area contributed by atoms with Crippen LogP contribution in [-0.2, 0) is 4.79 Å². The van der Waals surface area contributed by atoms with Crippen LogP contribution in [0.2, 0.25) is 0 Å². The Labute approximate surface area is 171 Å². The number of ether oxygens (including phenoxy) is 1. The zero-order chi connectivity index (χ0) is 20.8. The number of benzene rings is 2. The maximum atomic E-state index is 13.9. The lowest BCUT2D eigenvalue weighted by molar-refractivity contribution is -0.111. The molecule has 0 fully saturated rings. The van der Waals surface area contributed by atoms with E-state index in [2.05, 4.69) is 10.6 Å². The third-order valence-electron chi connectivity index (χ3n) is 4.12. The molecule has 0 atom stereocenters. The lowest BCUT2D eigenvalue weighted by atomic mass is 10.1. The van der Waals surface area contributed by atoms with Crippen molar-refractivity contribution in [2.45, 2.75) is 0 Å². The number of hydrogen-bond donors (Lipinski definition) is 2. The van der Waals surface area contributed by atoms with Gasteiger partial charge in [0.05, 0.1) is 18.4 Å². The van der Waals surface area contributed by atoms with Crippen molar-refractivity contribution in [3.63, 3.8) is 0 Å². The highest BCUT2D eigenvalue weighted by Gasteiger charge is 2.13. The molecule has 1 heterocycles. The molecule has 2 aromatic carbocycles. The predicted molar refractivity (Wildman–Crippen MR) is 114 cm³/mol. The molecule has 1 aromatic heterocycles. The van der Waals surface area contributed by atoms with Crippen LogP contribution in [0.4, 0.5) is 10.1 Å². The molecule has 5 nitrogen and oxygen atoms in total. The summed E-state index contributed by atoms with van der Waals surface area (Å²) >= 11 is 1.38. The number of halogens is 1. The van der Waals surface area contributed by atoms with Crippen LogP contribution in [-0.4, -0.2) is 26.0 Å². The molecule has 0 aliphatic carbocycles. The van der Waals surface area contributed by atoms with Gasteiger partial charge in [-0.1, -0.05) is 18.2 Å². The molecule has 3 aromatic rings. The summed E-state index contributed by atoms with van der Waals surface area (Å²) < 4.78 is 19.0. The van der Waals surface area contributed by atoms with E-state index in [0.29, 0.717) is 22.6 Å². The molecule has 0 saturated carbocycles. The van der Waals surface area contributed by atoms with Crippen molar-refractivity contribution in [2.24, 2.45) is 0 Å². The molecule has 3 rings (SSSR count). The lowest BCUT2D eigenvalue weighted by Gasteiger charge is -2.10. The van der Waals surface area contributed by atoms with Crippen LogP contribution in [0.5, 0.6) is 5.75 Å². The molecule has 29 heavy (non-hydrogen) atoms. The largest absolute Gasteiger partial charge is 0.497 e. The highest BCUT2D eigenvalue weighted by atomic mass is 32.1. The van der Waals surface area contributed by atoms with Gasteiger partial charge in [0, 0.05) is 28.4 Å². The predicted octanol–water partition coefficient (Wildman–Crippen LogP) is 4.57. The molecule has 0 aliphatic rings. The van der Waals surface area contributed by atoms with Crippen molar-refractivity contribution in [1.29, 1.82) is 0 Å². The summed E-state index contributed by atoms with van der Waals surface area (Å²) in [4.78, 5) is 26.0. The Hall–Kier alpha value is -3.45. The summed E-state index contributed by atoms with van der Waals surface area (Å²) in [5.74, 6) is -0.502. The SMILES string of the molecule is CNC(=O)c1cc(OC)ccc1NC(=O)/C=C/c1ccc(-c2ccccc2F)s1. The molecule has 0 bridgehead atoms. The summed E-state index contributed by atoms with van der Waals surface area (Å²) in [5, 5.41) is 5.23. The fourth-order valence-electron chi connectivity index (χ4n) is 2.66. The van der Waals surface area contributed by atoms with Gasteiger partial charge in [0.1, 0.15) is 11.6 Å².